The first kappa shape index (κ1) is 17.9. The van der Waals surface area contributed by atoms with E-state index in [0.29, 0.717) is 24.4 Å². The Morgan fingerprint density at radius 3 is 2.74 bits per heavy atom. The second kappa shape index (κ2) is 6.58. The van der Waals surface area contributed by atoms with Crippen LogP contribution in [0.2, 0.25) is 0 Å². The van der Waals surface area contributed by atoms with Crippen molar-refractivity contribution in [3.8, 4) is 6.07 Å². The molecule has 4 rings (SSSR count). The molecule has 0 bridgehead atoms. The van der Waals surface area contributed by atoms with Gasteiger partial charge in [-0.2, -0.15) is 5.26 Å². The number of carbonyl (C=O) groups is 1. The van der Waals surface area contributed by atoms with Crippen LogP contribution in [0.25, 0.3) is 0 Å². The second-order valence-corrected chi connectivity index (χ2v) is 8.02. The SMILES string of the molecule is Cc1nc(N2CCC(C3=NCC4=C3C(C)(O)CC(=O)C4)CC2)ccc1C#N. The third kappa shape index (κ3) is 3.17. The van der Waals surface area contributed by atoms with Crippen LogP contribution in [0.1, 0.15) is 43.9 Å². The van der Waals surface area contributed by atoms with E-state index in [1.807, 2.05) is 19.1 Å². The first-order valence-corrected chi connectivity index (χ1v) is 9.53. The van der Waals surface area contributed by atoms with E-state index in [9.17, 15) is 9.90 Å². The number of carbonyl (C=O) groups excluding carboxylic acids is 1. The highest BCUT2D eigenvalue weighted by molar-refractivity contribution is 6.08. The number of ketones is 1. The summed E-state index contributed by atoms with van der Waals surface area (Å²) >= 11 is 0. The van der Waals surface area contributed by atoms with Crippen LogP contribution in [0.5, 0.6) is 0 Å². The number of rotatable bonds is 2. The molecule has 0 radical (unpaired) electrons. The quantitative estimate of drug-likeness (QED) is 0.870. The zero-order valence-corrected chi connectivity index (χ0v) is 15.8. The molecule has 0 amide bonds. The number of anilines is 1. The maximum Gasteiger partial charge on any atom is 0.140 e. The van der Waals surface area contributed by atoms with Crippen molar-refractivity contribution in [3.05, 3.63) is 34.5 Å². The Kier molecular flexibility index (Phi) is 4.35. The normalized spacial score (nSPS) is 26.1. The average Bonchev–Trinajstić information content (AvgIpc) is 3.06. The molecule has 1 aromatic rings. The van der Waals surface area contributed by atoms with Gasteiger partial charge in [-0.3, -0.25) is 9.79 Å². The van der Waals surface area contributed by atoms with Gasteiger partial charge in [-0.1, -0.05) is 0 Å². The van der Waals surface area contributed by atoms with E-state index < -0.39 is 5.60 Å². The molecule has 1 N–H and O–H groups in total. The molecule has 0 spiro atoms. The third-order valence-electron chi connectivity index (χ3n) is 5.94. The van der Waals surface area contributed by atoms with Crippen LogP contribution in [0.3, 0.4) is 0 Å². The molecule has 1 aliphatic carbocycles. The molecule has 1 atom stereocenters. The lowest BCUT2D eigenvalue weighted by Crippen LogP contribution is -2.42. The minimum Gasteiger partial charge on any atom is -0.385 e. The predicted octanol–water partition coefficient (Wildman–Crippen LogP) is 2.34. The molecule has 140 valence electrons. The number of Topliss-reactive ketones (excluding diaryl/α,β-unsaturated/α-hetero) is 1. The largest absolute Gasteiger partial charge is 0.385 e. The van der Waals surface area contributed by atoms with Gasteiger partial charge in [0, 0.05) is 43.1 Å². The number of piperidine rings is 1. The summed E-state index contributed by atoms with van der Waals surface area (Å²) in [6.45, 7) is 5.90. The fraction of sp³-hybridized carbons (Fsp3) is 0.524. The Labute approximate surface area is 159 Å². The van der Waals surface area contributed by atoms with Crippen LogP contribution in [0.15, 0.2) is 28.3 Å². The molecule has 3 heterocycles. The summed E-state index contributed by atoms with van der Waals surface area (Å²) in [4.78, 5) is 23.4. The number of aliphatic hydroxyl groups is 1. The lowest BCUT2D eigenvalue weighted by Gasteiger charge is -2.37. The summed E-state index contributed by atoms with van der Waals surface area (Å²) in [6, 6.07) is 5.90. The number of hydrogen-bond donors (Lipinski definition) is 1. The second-order valence-electron chi connectivity index (χ2n) is 8.02. The van der Waals surface area contributed by atoms with Crippen LogP contribution >= 0.6 is 0 Å². The molecule has 1 aromatic heterocycles. The van der Waals surface area contributed by atoms with Gasteiger partial charge in [-0.25, -0.2) is 4.98 Å². The summed E-state index contributed by atoms with van der Waals surface area (Å²) in [7, 11) is 0. The van der Waals surface area contributed by atoms with Crippen molar-refractivity contribution in [2.45, 2.75) is 45.1 Å². The molecule has 1 fully saturated rings. The van der Waals surface area contributed by atoms with Crippen molar-refractivity contribution in [2.75, 3.05) is 24.5 Å². The van der Waals surface area contributed by atoms with Crippen LogP contribution in [0, 0.1) is 24.2 Å². The topological polar surface area (TPSA) is 89.6 Å². The summed E-state index contributed by atoms with van der Waals surface area (Å²) in [5, 5.41) is 19.9. The number of nitriles is 1. The van der Waals surface area contributed by atoms with E-state index in [4.69, 9.17) is 10.3 Å². The minimum atomic E-state index is -1.08. The van der Waals surface area contributed by atoms with Gasteiger partial charge in [0.15, 0.2) is 0 Å². The van der Waals surface area contributed by atoms with Gasteiger partial charge in [0.1, 0.15) is 17.7 Å². The Bertz CT molecular complexity index is 899. The summed E-state index contributed by atoms with van der Waals surface area (Å²) in [5.74, 6) is 1.33. The Morgan fingerprint density at radius 1 is 1.33 bits per heavy atom. The first-order chi connectivity index (χ1) is 12.9. The van der Waals surface area contributed by atoms with Crippen molar-refractivity contribution >= 4 is 17.3 Å². The summed E-state index contributed by atoms with van der Waals surface area (Å²) < 4.78 is 0. The molecule has 27 heavy (non-hydrogen) atoms. The van der Waals surface area contributed by atoms with Gasteiger partial charge in [-0.05, 0) is 44.4 Å². The van der Waals surface area contributed by atoms with Gasteiger partial charge in [0.2, 0.25) is 0 Å². The van der Waals surface area contributed by atoms with E-state index >= 15 is 0 Å². The van der Waals surface area contributed by atoms with Crippen LogP contribution in [-0.4, -0.2) is 46.8 Å². The Morgan fingerprint density at radius 2 is 2.07 bits per heavy atom. The number of hydrogen-bond acceptors (Lipinski definition) is 6. The average molecular weight is 364 g/mol. The van der Waals surface area contributed by atoms with Crippen LogP contribution < -0.4 is 4.90 Å². The van der Waals surface area contributed by atoms with E-state index in [1.165, 1.54) is 0 Å². The molecular weight excluding hydrogens is 340 g/mol. The number of aliphatic imine (C=N–C) groups is 1. The molecule has 0 aromatic carbocycles. The van der Waals surface area contributed by atoms with Crippen molar-refractivity contribution in [3.63, 3.8) is 0 Å². The summed E-state index contributed by atoms with van der Waals surface area (Å²) in [6.07, 6.45) is 2.52. The highest BCUT2D eigenvalue weighted by Gasteiger charge is 2.43. The Balaban J connectivity index is 1.48. The number of pyridine rings is 1. The monoisotopic (exact) mass is 364 g/mol. The van der Waals surface area contributed by atoms with Gasteiger partial charge >= 0.3 is 0 Å². The molecule has 6 heteroatoms. The van der Waals surface area contributed by atoms with E-state index in [1.54, 1.807) is 6.92 Å². The highest BCUT2D eigenvalue weighted by atomic mass is 16.3. The molecular formula is C21H24N4O2. The number of aromatic nitrogens is 1. The Hall–Kier alpha value is -2.52. The molecule has 3 aliphatic rings. The van der Waals surface area contributed by atoms with Gasteiger partial charge in [0.05, 0.1) is 23.4 Å². The van der Waals surface area contributed by atoms with Crippen molar-refractivity contribution < 1.29 is 9.90 Å². The summed E-state index contributed by atoms with van der Waals surface area (Å²) in [5.41, 5.74) is 3.26. The van der Waals surface area contributed by atoms with E-state index in [0.717, 1.165) is 54.3 Å². The maximum absolute atomic E-state index is 11.9. The van der Waals surface area contributed by atoms with Crippen molar-refractivity contribution in [2.24, 2.45) is 10.9 Å². The van der Waals surface area contributed by atoms with Crippen molar-refractivity contribution in [1.82, 2.24) is 4.98 Å². The predicted molar refractivity (Wildman–Crippen MR) is 103 cm³/mol. The molecule has 1 unspecified atom stereocenters. The number of aryl methyl sites for hydroxylation is 1. The lowest BCUT2D eigenvalue weighted by atomic mass is 9.74. The van der Waals surface area contributed by atoms with E-state index in [2.05, 4.69) is 16.0 Å². The maximum atomic E-state index is 11.9. The van der Waals surface area contributed by atoms with E-state index in [-0.39, 0.29) is 12.2 Å². The lowest BCUT2D eigenvalue weighted by molar-refractivity contribution is -0.122. The third-order valence-corrected chi connectivity index (χ3v) is 5.94. The van der Waals surface area contributed by atoms with Crippen LogP contribution in [-0.2, 0) is 4.79 Å². The molecule has 0 saturated carbocycles. The molecule has 1 saturated heterocycles. The highest BCUT2D eigenvalue weighted by Crippen LogP contribution is 2.40. The smallest absolute Gasteiger partial charge is 0.140 e. The molecule has 6 nitrogen and oxygen atoms in total. The molecule has 2 aliphatic heterocycles. The fourth-order valence-corrected chi connectivity index (χ4v) is 4.65. The minimum absolute atomic E-state index is 0.104. The van der Waals surface area contributed by atoms with Crippen molar-refractivity contribution in [1.29, 1.82) is 5.26 Å². The zero-order valence-electron chi connectivity index (χ0n) is 15.8. The zero-order chi connectivity index (χ0) is 19.2. The number of nitrogens with zero attached hydrogens (tertiary/aromatic N) is 4. The van der Waals surface area contributed by atoms with Gasteiger partial charge < -0.3 is 10.0 Å². The van der Waals surface area contributed by atoms with Crippen LogP contribution in [0.4, 0.5) is 5.82 Å². The van der Waals surface area contributed by atoms with Gasteiger partial charge in [-0.15, -0.1) is 0 Å². The fourth-order valence-electron chi connectivity index (χ4n) is 4.65. The standard InChI is InChI=1S/C21H24N4O2/c1-13-15(11-22)3-4-18(24-13)25-7-5-14(6-8-25)20-19-16(12-23-20)9-17(26)10-21(19,2)27/h3-4,14,27H,5-10,12H2,1-2H3. The first-order valence-electron chi connectivity index (χ1n) is 9.53. The van der Waals surface area contributed by atoms with Gasteiger partial charge in [0.25, 0.3) is 0 Å².